The number of hydrogen-bond donors (Lipinski definition) is 2. The summed E-state index contributed by atoms with van der Waals surface area (Å²) in [6.07, 6.45) is 1.78. The second kappa shape index (κ2) is 4.26. The SMILES string of the molecule is C=C1CCc2c1ccc1c2C(=O)c2occ3c2[C@]1(C)[C@H](O)C[C@@H]3O. The molecule has 2 aromatic rings. The smallest absolute Gasteiger partial charge is 0.229 e. The van der Waals surface area contributed by atoms with Gasteiger partial charge >= 0.3 is 0 Å². The van der Waals surface area contributed by atoms with E-state index in [0.717, 1.165) is 35.1 Å². The Balaban J connectivity index is 1.89. The van der Waals surface area contributed by atoms with Gasteiger partial charge in [0.1, 0.15) is 0 Å². The van der Waals surface area contributed by atoms with E-state index in [9.17, 15) is 15.0 Å². The highest BCUT2D eigenvalue weighted by Gasteiger charge is 2.53. The zero-order valence-corrected chi connectivity index (χ0v) is 13.4. The molecule has 122 valence electrons. The van der Waals surface area contributed by atoms with E-state index in [4.69, 9.17) is 4.42 Å². The molecule has 3 atom stereocenters. The van der Waals surface area contributed by atoms with E-state index in [-0.39, 0.29) is 18.0 Å². The van der Waals surface area contributed by atoms with Crippen LogP contribution in [0.3, 0.4) is 0 Å². The highest BCUT2D eigenvalue weighted by atomic mass is 16.3. The summed E-state index contributed by atoms with van der Waals surface area (Å²) in [6.45, 7) is 6.04. The van der Waals surface area contributed by atoms with Crippen LogP contribution in [-0.2, 0) is 11.8 Å². The van der Waals surface area contributed by atoms with Gasteiger partial charge in [0.15, 0.2) is 5.76 Å². The van der Waals surface area contributed by atoms with E-state index < -0.39 is 17.6 Å². The molecule has 0 bridgehead atoms. The van der Waals surface area contributed by atoms with E-state index >= 15 is 0 Å². The van der Waals surface area contributed by atoms with E-state index in [1.54, 1.807) is 0 Å². The number of carbonyl (C=O) groups excluding carboxylic acids is 1. The fourth-order valence-corrected chi connectivity index (χ4v) is 4.83. The fourth-order valence-electron chi connectivity index (χ4n) is 4.83. The van der Waals surface area contributed by atoms with E-state index in [1.807, 2.05) is 19.1 Å². The number of ketones is 1. The monoisotopic (exact) mass is 322 g/mol. The second-order valence-corrected chi connectivity index (χ2v) is 7.31. The second-order valence-electron chi connectivity index (χ2n) is 7.31. The number of furan rings is 1. The highest BCUT2D eigenvalue weighted by molar-refractivity contribution is 6.13. The number of aliphatic hydroxyl groups is 2. The van der Waals surface area contributed by atoms with E-state index in [0.29, 0.717) is 16.7 Å². The van der Waals surface area contributed by atoms with Gasteiger partial charge < -0.3 is 14.6 Å². The van der Waals surface area contributed by atoms with Crippen molar-refractivity contribution in [2.75, 3.05) is 0 Å². The molecule has 0 radical (unpaired) electrons. The zero-order valence-electron chi connectivity index (χ0n) is 13.4. The van der Waals surface area contributed by atoms with Gasteiger partial charge in [0, 0.05) is 28.5 Å². The summed E-state index contributed by atoms with van der Waals surface area (Å²) in [6, 6.07) is 3.97. The summed E-state index contributed by atoms with van der Waals surface area (Å²) in [4.78, 5) is 13.1. The van der Waals surface area contributed by atoms with Gasteiger partial charge in [-0.25, -0.2) is 0 Å². The van der Waals surface area contributed by atoms with Gasteiger partial charge in [0.05, 0.1) is 18.5 Å². The van der Waals surface area contributed by atoms with Crippen molar-refractivity contribution in [2.45, 2.75) is 43.8 Å². The highest BCUT2D eigenvalue weighted by Crippen LogP contribution is 2.54. The van der Waals surface area contributed by atoms with Crippen LogP contribution in [0.1, 0.15) is 69.8 Å². The van der Waals surface area contributed by atoms with E-state index in [1.165, 1.54) is 6.26 Å². The minimum Gasteiger partial charge on any atom is -0.460 e. The van der Waals surface area contributed by atoms with Crippen molar-refractivity contribution in [3.63, 3.8) is 0 Å². The fraction of sp³-hybridized carbons (Fsp3) is 0.350. The summed E-state index contributed by atoms with van der Waals surface area (Å²) in [5.74, 6) is 0.125. The maximum atomic E-state index is 13.1. The Kier molecular flexibility index (Phi) is 2.52. The van der Waals surface area contributed by atoms with Gasteiger partial charge in [0.25, 0.3) is 0 Å². The lowest BCUT2D eigenvalue weighted by atomic mass is 9.60. The van der Waals surface area contributed by atoms with Crippen LogP contribution in [0.25, 0.3) is 5.57 Å². The zero-order chi connectivity index (χ0) is 16.8. The lowest BCUT2D eigenvalue weighted by Crippen LogP contribution is -2.47. The first-order chi connectivity index (χ1) is 11.4. The third-order valence-electron chi connectivity index (χ3n) is 6.17. The number of carbonyl (C=O) groups is 1. The lowest BCUT2D eigenvalue weighted by molar-refractivity contribution is 0.0277. The van der Waals surface area contributed by atoms with Crippen molar-refractivity contribution in [2.24, 2.45) is 0 Å². The number of fused-ring (bicyclic) bond motifs is 4. The molecule has 0 aliphatic heterocycles. The van der Waals surface area contributed by atoms with Gasteiger partial charge in [-0.2, -0.15) is 0 Å². The van der Waals surface area contributed by atoms with Crippen LogP contribution >= 0.6 is 0 Å². The first kappa shape index (κ1) is 14.2. The number of allylic oxidation sites excluding steroid dienone is 1. The summed E-state index contributed by atoms with van der Waals surface area (Å²) in [5, 5.41) is 21.1. The normalized spacial score (nSPS) is 30.1. The van der Waals surface area contributed by atoms with E-state index in [2.05, 4.69) is 6.58 Å². The molecule has 0 amide bonds. The molecule has 1 aromatic heterocycles. The predicted molar refractivity (Wildman–Crippen MR) is 88.0 cm³/mol. The van der Waals surface area contributed by atoms with Gasteiger partial charge in [-0.1, -0.05) is 18.7 Å². The Labute approximate surface area is 139 Å². The summed E-state index contributed by atoms with van der Waals surface area (Å²) in [5.41, 5.74) is 5.17. The summed E-state index contributed by atoms with van der Waals surface area (Å²) in [7, 11) is 0. The number of hydrogen-bond acceptors (Lipinski definition) is 4. The molecular formula is C20H18O4. The Morgan fingerprint density at radius 3 is 2.88 bits per heavy atom. The molecule has 4 heteroatoms. The molecule has 3 aliphatic rings. The molecule has 0 saturated heterocycles. The first-order valence-electron chi connectivity index (χ1n) is 8.31. The van der Waals surface area contributed by atoms with Crippen molar-refractivity contribution in [1.82, 2.24) is 0 Å². The van der Waals surface area contributed by atoms with Crippen LogP contribution in [0.2, 0.25) is 0 Å². The van der Waals surface area contributed by atoms with Crippen LogP contribution in [-0.4, -0.2) is 22.1 Å². The van der Waals surface area contributed by atoms with Crippen molar-refractivity contribution >= 4 is 11.4 Å². The topological polar surface area (TPSA) is 70.7 Å². The molecular weight excluding hydrogens is 304 g/mol. The molecule has 1 aromatic carbocycles. The number of aliphatic hydroxyl groups excluding tert-OH is 2. The summed E-state index contributed by atoms with van der Waals surface area (Å²) >= 11 is 0. The largest absolute Gasteiger partial charge is 0.460 e. The molecule has 3 aliphatic carbocycles. The lowest BCUT2D eigenvalue weighted by Gasteiger charge is -2.44. The van der Waals surface area contributed by atoms with Crippen LogP contribution in [0.5, 0.6) is 0 Å². The maximum Gasteiger partial charge on any atom is 0.229 e. The molecule has 0 unspecified atom stereocenters. The van der Waals surface area contributed by atoms with Crippen LogP contribution < -0.4 is 0 Å². The quantitative estimate of drug-likeness (QED) is 0.782. The first-order valence-corrected chi connectivity index (χ1v) is 8.31. The Bertz CT molecular complexity index is 935. The van der Waals surface area contributed by atoms with Gasteiger partial charge in [0.2, 0.25) is 5.78 Å². The van der Waals surface area contributed by atoms with Crippen molar-refractivity contribution in [3.8, 4) is 0 Å². The van der Waals surface area contributed by atoms with Crippen molar-refractivity contribution in [1.29, 1.82) is 0 Å². The third-order valence-corrected chi connectivity index (χ3v) is 6.17. The molecule has 0 saturated carbocycles. The maximum absolute atomic E-state index is 13.1. The molecule has 5 rings (SSSR count). The average molecular weight is 322 g/mol. The Morgan fingerprint density at radius 2 is 2.08 bits per heavy atom. The molecule has 0 fully saturated rings. The minimum atomic E-state index is -0.802. The predicted octanol–water partition coefficient (Wildman–Crippen LogP) is 2.89. The standard InChI is InChI=1S/C20H18O4/c1-9-3-4-11-10(9)5-6-13-16(11)18(23)19-17-12(8-24-19)14(21)7-15(22)20(13,17)2/h5-6,8,14-15,21-22H,1,3-4,7H2,2H3/t14-,15+,20-/m0/s1. The number of benzene rings is 1. The van der Waals surface area contributed by atoms with Gasteiger partial charge in [-0.05, 0) is 42.0 Å². The third kappa shape index (κ3) is 1.40. The molecule has 2 N–H and O–H groups in total. The minimum absolute atomic E-state index is 0.142. The van der Waals surface area contributed by atoms with Crippen LogP contribution in [0, 0.1) is 0 Å². The Hall–Kier alpha value is -2.17. The van der Waals surface area contributed by atoms with Crippen LogP contribution in [0.15, 0.2) is 29.4 Å². The molecule has 24 heavy (non-hydrogen) atoms. The Morgan fingerprint density at radius 1 is 1.29 bits per heavy atom. The van der Waals surface area contributed by atoms with Crippen molar-refractivity contribution in [3.05, 3.63) is 64.1 Å². The average Bonchev–Trinajstić information content (AvgIpc) is 3.16. The van der Waals surface area contributed by atoms with Gasteiger partial charge in [-0.3, -0.25) is 4.79 Å². The summed E-state index contributed by atoms with van der Waals surface area (Å²) < 4.78 is 5.59. The van der Waals surface area contributed by atoms with Crippen LogP contribution in [0.4, 0.5) is 0 Å². The van der Waals surface area contributed by atoms with Gasteiger partial charge in [-0.15, -0.1) is 0 Å². The van der Waals surface area contributed by atoms with Crippen molar-refractivity contribution < 1.29 is 19.4 Å². The molecule has 0 spiro atoms. The molecule has 4 nitrogen and oxygen atoms in total. The number of rotatable bonds is 0. The molecule has 1 heterocycles.